The second-order valence-corrected chi connectivity index (χ2v) is 4.86. The van der Waals surface area contributed by atoms with Crippen molar-refractivity contribution >= 4 is 22.8 Å². The van der Waals surface area contributed by atoms with E-state index >= 15 is 0 Å². The van der Waals surface area contributed by atoms with Gasteiger partial charge in [0.1, 0.15) is 12.4 Å². The fourth-order valence-corrected chi connectivity index (χ4v) is 2.26. The van der Waals surface area contributed by atoms with Crippen molar-refractivity contribution in [3.63, 3.8) is 0 Å². The minimum Gasteiger partial charge on any atom is -0.489 e. The Balaban J connectivity index is 1.84. The van der Waals surface area contributed by atoms with Gasteiger partial charge >= 0.3 is 6.09 Å². The third-order valence-electron chi connectivity index (χ3n) is 3.30. The van der Waals surface area contributed by atoms with Gasteiger partial charge in [0.25, 0.3) is 0 Å². The number of anilines is 1. The summed E-state index contributed by atoms with van der Waals surface area (Å²) < 4.78 is 7.39. The summed E-state index contributed by atoms with van der Waals surface area (Å²) in [7, 11) is 1.76. The van der Waals surface area contributed by atoms with Gasteiger partial charge in [-0.25, -0.2) is 4.79 Å². The van der Waals surface area contributed by atoms with Gasteiger partial charge in [0, 0.05) is 18.5 Å². The van der Waals surface area contributed by atoms with Gasteiger partial charge < -0.3 is 9.84 Å². The van der Waals surface area contributed by atoms with E-state index in [4.69, 9.17) is 9.84 Å². The molecule has 22 heavy (non-hydrogen) atoms. The first-order valence-electron chi connectivity index (χ1n) is 6.77. The monoisotopic (exact) mass is 297 g/mol. The summed E-state index contributed by atoms with van der Waals surface area (Å²) in [6.07, 6.45) is -1.13. The molecule has 2 N–H and O–H groups in total. The Morgan fingerprint density at radius 1 is 1.27 bits per heavy atom. The van der Waals surface area contributed by atoms with Crippen LogP contribution in [0.3, 0.4) is 0 Å². The molecule has 3 aromatic rings. The molecule has 1 amide bonds. The van der Waals surface area contributed by atoms with Crippen molar-refractivity contribution in [2.45, 2.75) is 6.61 Å². The molecule has 0 saturated carbocycles. The minimum absolute atomic E-state index is 0.319. The Kier molecular flexibility index (Phi) is 3.65. The number of rotatable bonds is 4. The topological polar surface area (TPSA) is 76.4 Å². The van der Waals surface area contributed by atoms with E-state index in [0.29, 0.717) is 18.2 Å². The van der Waals surface area contributed by atoms with Gasteiger partial charge in [0.2, 0.25) is 0 Å². The summed E-state index contributed by atoms with van der Waals surface area (Å²) in [5, 5.41) is 16.0. The van der Waals surface area contributed by atoms with Crippen LogP contribution >= 0.6 is 0 Å². The molecule has 2 aromatic carbocycles. The van der Waals surface area contributed by atoms with Crippen molar-refractivity contribution < 1.29 is 14.6 Å². The number of carboxylic acid groups (broad SMARTS) is 1. The normalized spacial score (nSPS) is 10.6. The first-order valence-corrected chi connectivity index (χ1v) is 6.77. The van der Waals surface area contributed by atoms with Crippen LogP contribution < -0.4 is 10.1 Å². The first kappa shape index (κ1) is 13.9. The number of benzene rings is 2. The van der Waals surface area contributed by atoms with Crippen LogP contribution in [0, 0.1) is 0 Å². The summed E-state index contributed by atoms with van der Waals surface area (Å²) in [6.45, 7) is 0.477. The molecular formula is C16H15N3O3. The maximum atomic E-state index is 10.8. The van der Waals surface area contributed by atoms with Crippen LogP contribution in [0.4, 0.5) is 10.6 Å². The van der Waals surface area contributed by atoms with Crippen molar-refractivity contribution in [3.05, 3.63) is 54.1 Å². The van der Waals surface area contributed by atoms with Gasteiger partial charge in [-0.15, -0.1) is 0 Å². The molecule has 112 valence electrons. The fourth-order valence-electron chi connectivity index (χ4n) is 2.26. The molecule has 0 saturated heterocycles. The van der Waals surface area contributed by atoms with E-state index in [1.54, 1.807) is 23.9 Å². The quantitative estimate of drug-likeness (QED) is 0.775. The highest BCUT2D eigenvalue weighted by Gasteiger charge is 2.11. The molecule has 0 unspecified atom stereocenters. The average Bonchev–Trinajstić information content (AvgIpc) is 2.81. The zero-order valence-corrected chi connectivity index (χ0v) is 12.0. The molecule has 1 aromatic heterocycles. The largest absolute Gasteiger partial charge is 0.489 e. The van der Waals surface area contributed by atoms with E-state index in [-0.39, 0.29) is 0 Å². The molecule has 1 heterocycles. The number of amides is 1. The number of carbonyl (C=O) groups is 1. The molecule has 0 atom stereocenters. The maximum Gasteiger partial charge on any atom is 0.410 e. The number of nitrogens with zero attached hydrogens (tertiary/aromatic N) is 2. The Morgan fingerprint density at radius 3 is 2.77 bits per heavy atom. The molecule has 0 aliphatic heterocycles. The van der Waals surface area contributed by atoms with Crippen molar-refractivity contribution in [2.75, 3.05) is 5.32 Å². The summed E-state index contributed by atoms with van der Waals surface area (Å²) in [4.78, 5) is 10.8. The van der Waals surface area contributed by atoms with Crippen molar-refractivity contribution in [3.8, 4) is 5.75 Å². The Bertz CT molecular complexity index is 812. The van der Waals surface area contributed by atoms with E-state index in [0.717, 1.165) is 16.5 Å². The van der Waals surface area contributed by atoms with Crippen LogP contribution in [0.2, 0.25) is 0 Å². The van der Waals surface area contributed by atoms with Gasteiger partial charge in [-0.1, -0.05) is 30.3 Å². The lowest BCUT2D eigenvalue weighted by Gasteiger charge is -2.06. The molecule has 3 rings (SSSR count). The van der Waals surface area contributed by atoms with Crippen molar-refractivity contribution in [1.82, 2.24) is 9.78 Å². The Hall–Kier alpha value is -3.02. The van der Waals surface area contributed by atoms with E-state index in [2.05, 4.69) is 10.4 Å². The van der Waals surface area contributed by atoms with E-state index in [1.165, 1.54) is 0 Å². The number of fused-ring (bicyclic) bond motifs is 1. The van der Waals surface area contributed by atoms with Crippen LogP contribution in [0.1, 0.15) is 5.56 Å². The highest BCUT2D eigenvalue weighted by molar-refractivity contribution is 5.97. The van der Waals surface area contributed by atoms with Gasteiger partial charge in [0.15, 0.2) is 5.82 Å². The molecule has 0 spiro atoms. The van der Waals surface area contributed by atoms with E-state index in [1.807, 2.05) is 36.4 Å². The third kappa shape index (κ3) is 2.85. The van der Waals surface area contributed by atoms with Crippen LogP contribution in [0.5, 0.6) is 5.75 Å². The standard InChI is InChI=1S/C16H15N3O3/c1-19-14-9-12(22-10-11-5-3-2-4-6-11)7-8-13(14)15(18-19)17-16(20)21/h2-9H,10H2,1H3,(H,17,18)(H,20,21). The maximum absolute atomic E-state index is 10.8. The second-order valence-electron chi connectivity index (χ2n) is 4.86. The number of hydrogen-bond donors (Lipinski definition) is 2. The highest BCUT2D eigenvalue weighted by atomic mass is 16.5. The Labute approximate surface area is 126 Å². The lowest BCUT2D eigenvalue weighted by molar-refractivity contribution is 0.209. The predicted molar refractivity (Wildman–Crippen MR) is 83.1 cm³/mol. The molecule has 6 heteroatoms. The van der Waals surface area contributed by atoms with E-state index in [9.17, 15) is 4.79 Å². The van der Waals surface area contributed by atoms with Crippen LogP contribution in [0.15, 0.2) is 48.5 Å². The zero-order chi connectivity index (χ0) is 15.5. The third-order valence-corrected chi connectivity index (χ3v) is 3.30. The zero-order valence-electron chi connectivity index (χ0n) is 12.0. The predicted octanol–water partition coefficient (Wildman–Crippen LogP) is 3.24. The van der Waals surface area contributed by atoms with Gasteiger partial charge in [0.05, 0.1) is 5.52 Å². The lowest BCUT2D eigenvalue weighted by Crippen LogP contribution is -2.08. The summed E-state index contributed by atoms with van der Waals surface area (Å²) in [5.74, 6) is 1.03. The Morgan fingerprint density at radius 2 is 2.05 bits per heavy atom. The van der Waals surface area contributed by atoms with Crippen molar-refractivity contribution in [2.24, 2.45) is 7.05 Å². The molecule has 0 aliphatic rings. The molecule has 6 nitrogen and oxygen atoms in total. The highest BCUT2D eigenvalue weighted by Crippen LogP contribution is 2.26. The first-order chi connectivity index (χ1) is 10.6. The van der Waals surface area contributed by atoms with Gasteiger partial charge in [-0.3, -0.25) is 10.00 Å². The fraction of sp³-hybridized carbons (Fsp3) is 0.125. The number of nitrogens with one attached hydrogen (secondary N) is 1. The smallest absolute Gasteiger partial charge is 0.410 e. The summed E-state index contributed by atoms with van der Waals surface area (Å²) in [6, 6.07) is 15.3. The van der Waals surface area contributed by atoms with Gasteiger partial charge in [-0.2, -0.15) is 5.10 Å². The average molecular weight is 297 g/mol. The summed E-state index contributed by atoms with van der Waals surface area (Å²) >= 11 is 0. The molecule has 0 bridgehead atoms. The lowest BCUT2D eigenvalue weighted by atomic mass is 10.2. The van der Waals surface area contributed by atoms with Crippen LogP contribution in [-0.2, 0) is 13.7 Å². The van der Waals surface area contributed by atoms with Crippen LogP contribution in [0.25, 0.3) is 10.9 Å². The molecule has 0 fully saturated rings. The SMILES string of the molecule is Cn1nc(NC(=O)O)c2ccc(OCc3ccccc3)cc21. The summed E-state index contributed by atoms with van der Waals surface area (Å²) in [5.41, 5.74) is 1.88. The van der Waals surface area contributed by atoms with Gasteiger partial charge in [-0.05, 0) is 17.7 Å². The molecular weight excluding hydrogens is 282 g/mol. The molecule has 0 aliphatic carbocycles. The molecule has 0 radical (unpaired) electrons. The van der Waals surface area contributed by atoms with Crippen LogP contribution in [-0.4, -0.2) is 21.0 Å². The number of ether oxygens (including phenoxy) is 1. The number of aromatic nitrogens is 2. The van der Waals surface area contributed by atoms with Crippen molar-refractivity contribution in [1.29, 1.82) is 0 Å². The number of hydrogen-bond acceptors (Lipinski definition) is 3. The second kappa shape index (κ2) is 5.77. The van der Waals surface area contributed by atoms with E-state index < -0.39 is 6.09 Å². The number of aryl methyl sites for hydroxylation is 1. The minimum atomic E-state index is -1.13.